The molecule has 1 fully saturated rings. The third kappa shape index (κ3) is 4.75. The summed E-state index contributed by atoms with van der Waals surface area (Å²) < 4.78 is 30.7. The Labute approximate surface area is 175 Å². The molecule has 0 aliphatic carbocycles. The van der Waals surface area contributed by atoms with Gasteiger partial charge < -0.3 is 18.8 Å². The Morgan fingerprint density at radius 2 is 1.69 bits per heavy atom. The van der Waals surface area contributed by atoms with Crippen molar-refractivity contribution in [3.8, 4) is 11.5 Å². The van der Waals surface area contributed by atoms with Crippen LogP contribution in [0.15, 0.2) is 54.6 Å². The molecular formula is C22H27NO5S. The van der Waals surface area contributed by atoms with E-state index in [0.29, 0.717) is 19.0 Å². The van der Waals surface area contributed by atoms with Crippen LogP contribution in [0.1, 0.15) is 26.3 Å². The van der Waals surface area contributed by atoms with Crippen LogP contribution in [0.3, 0.4) is 0 Å². The fourth-order valence-electron chi connectivity index (χ4n) is 3.09. The molecule has 0 bridgehead atoms. The van der Waals surface area contributed by atoms with Gasteiger partial charge >= 0.3 is 5.97 Å². The van der Waals surface area contributed by atoms with Crippen LogP contribution in [0.25, 0.3) is 0 Å². The Morgan fingerprint density at radius 3 is 2.17 bits per heavy atom. The van der Waals surface area contributed by atoms with Crippen molar-refractivity contribution in [2.24, 2.45) is 0 Å². The normalized spacial score (nSPS) is 16.8. The Kier molecular flexibility index (Phi) is 6.53. The molecule has 1 saturated heterocycles. The molecule has 0 saturated carbocycles. The van der Waals surface area contributed by atoms with E-state index in [2.05, 4.69) is 0 Å². The van der Waals surface area contributed by atoms with E-state index in [1.54, 1.807) is 4.31 Å². The van der Waals surface area contributed by atoms with Crippen molar-refractivity contribution in [3.05, 3.63) is 60.2 Å². The van der Waals surface area contributed by atoms with Gasteiger partial charge in [0.25, 0.3) is 0 Å². The monoisotopic (exact) mass is 417 g/mol. The van der Waals surface area contributed by atoms with E-state index >= 15 is 0 Å². The van der Waals surface area contributed by atoms with Gasteiger partial charge in [-0.1, -0.05) is 30.3 Å². The highest BCUT2D eigenvalue weighted by Gasteiger charge is 2.54. The van der Waals surface area contributed by atoms with Crippen molar-refractivity contribution in [1.82, 2.24) is 4.31 Å². The van der Waals surface area contributed by atoms with Gasteiger partial charge in [0, 0.05) is 11.4 Å². The topological polar surface area (TPSA) is 71.1 Å². The molecule has 0 radical (unpaired) electrons. The molecule has 1 heterocycles. The summed E-state index contributed by atoms with van der Waals surface area (Å²) in [4.78, 5) is 12.1. The molecule has 2 aromatic rings. The molecule has 7 heteroatoms. The highest BCUT2D eigenvalue weighted by molar-refractivity contribution is 7.90. The van der Waals surface area contributed by atoms with Crippen LogP contribution in [0.4, 0.5) is 0 Å². The van der Waals surface area contributed by atoms with E-state index in [0.717, 1.165) is 11.3 Å². The number of rotatable bonds is 7. The maximum Gasteiger partial charge on any atom is 0.324 e. The molecule has 0 spiro atoms. The number of methoxy groups -OCH3 is 1. The summed E-state index contributed by atoms with van der Waals surface area (Å²) in [7, 11) is 1.33. The van der Waals surface area contributed by atoms with Crippen LogP contribution in [-0.4, -0.2) is 46.4 Å². The van der Waals surface area contributed by atoms with E-state index in [4.69, 9.17) is 14.2 Å². The van der Waals surface area contributed by atoms with E-state index in [9.17, 15) is 9.35 Å². The first-order valence-electron chi connectivity index (χ1n) is 9.44. The van der Waals surface area contributed by atoms with E-state index in [-0.39, 0.29) is 6.54 Å². The Morgan fingerprint density at radius 1 is 1.10 bits per heavy atom. The van der Waals surface area contributed by atoms with Gasteiger partial charge in [-0.25, -0.2) is 0 Å². The summed E-state index contributed by atoms with van der Waals surface area (Å²) in [6.07, 6.45) is 0. The minimum Gasteiger partial charge on any atom is -0.597 e. The summed E-state index contributed by atoms with van der Waals surface area (Å²) in [5.74, 6) is 1.02. The lowest BCUT2D eigenvalue weighted by Gasteiger charge is -2.49. The molecule has 1 unspecified atom stereocenters. The maximum absolute atomic E-state index is 13.3. The number of esters is 1. The highest BCUT2D eigenvalue weighted by atomic mass is 32.2. The zero-order valence-electron chi connectivity index (χ0n) is 17.2. The molecular weight excluding hydrogens is 390 g/mol. The van der Waals surface area contributed by atoms with Crippen molar-refractivity contribution >= 4 is 17.3 Å². The predicted molar refractivity (Wildman–Crippen MR) is 112 cm³/mol. The number of hydrogen-bond donors (Lipinski definition) is 0. The van der Waals surface area contributed by atoms with Crippen LogP contribution in [0, 0.1) is 0 Å². The number of benzene rings is 2. The Hall–Kier alpha value is -2.06. The predicted octanol–water partition coefficient (Wildman–Crippen LogP) is 3.64. The quantitative estimate of drug-likeness (QED) is 0.506. The van der Waals surface area contributed by atoms with Crippen LogP contribution < -0.4 is 4.74 Å². The summed E-state index contributed by atoms with van der Waals surface area (Å²) in [6.45, 7) is 6.29. The minimum atomic E-state index is -1.43. The van der Waals surface area contributed by atoms with Crippen molar-refractivity contribution in [1.29, 1.82) is 0 Å². The van der Waals surface area contributed by atoms with Crippen molar-refractivity contribution in [2.45, 2.75) is 31.1 Å². The third-order valence-corrected chi connectivity index (χ3v) is 6.68. The second-order valence-electron chi connectivity index (χ2n) is 7.94. The van der Waals surface area contributed by atoms with Crippen molar-refractivity contribution in [3.63, 3.8) is 0 Å². The molecule has 1 aliphatic heterocycles. The molecule has 6 nitrogen and oxygen atoms in total. The summed E-state index contributed by atoms with van der Waals surface area (Å²) in [5, 5.41) is 0. The average molecular weight is 418 g/mol. The number of hydrogen-bond acceptors (Lipinski definition) is 6. The van der Waals surface area contributed by atoms with Gasteiger partial charge in [0.15, 0.2) is 0 Å². The van der Waals surface area contributed by atoms with Gasteiger partial charge in [-0.2, -0.15) is 0 Å². The zero-order valence-corrected chi connectivity index (χ0v) is 18.0. The molecule has 1 atom stereocenters. The molecule has 2 aromatic carbocycles. The van der Waals surface area contributed by atoms with Crippen molar-refractivity contribution < 1.29 is 23.6 Å². The van der Waals surface area contributed by atoms with Gasteiger partial charge in [-0.15, -0.1) is 4.31 Å². The van der Waals surface area contributed by atoms with Gasteiger partial charge in [0.05, 0.1) is 20.3 Å². The van der Waals surface area contributed by atoms with E-state index < -0.39 is 27.6 Å². The van der Waals surface area contributed by atoms with Crippen LogP contribution >= 0.6 is 0 Å². The summed E-state index contributed by atoms with van der Waals surface area (Å²) >= 11 is -1.43. The van der Waals surface area contributed by atoms with Gasteiger partial charge in [-0.05, 0) is 50.6 Å². The zero-order chi connectivity index (χ0) is 21.1. The number of carbonyl (C=O) groups is 1. The fourth-order valence-corrected chi connectivity index (χ4v) is 4.50. The molecule has 0 N–H and O–H groups in total. The largest absolute Gasteiger partial charge is 0.597 e. The maximum atomic E-state index is 13.3. The number of para-hydroxylation sites is 1. The van der Waals surface area contributed by atoms with E-state index in [1.165, 1.54) is 7.11 Å². The SMILES string of the molecule is COC(=O)CN([S+]([O-])C(C)(C)C)C1(c2ccc(Oc3ccccc3)cc2)COC1. The smallest absolute Gasteiger partial charge is 0.324 e. The van der Waals surface area contributed by atoms with Gasteiger partial charge in [-0.3, -0.25) is 4.79 Å². The first-order valence-corrected chi connectivity index (χ1v) is 10.5. The van der Waals surface area contributed by atoms with Crippen LogP contribution in [0.5, 0.6) is 11.5 Å². The van der Waals surface area contributed by atoms with E-state index in [1.807, 2.05) is 75.4 Å². The second kappa shape index (κ2) is 8.75. The molecule has 0 amide bonds. The molecule has 3 rings (SSSR count). The summed E-state index contributed by atoms with van der Waals surface area (Å²) in [6, 6.07) is 17.2. The molecule has 29 heavy (non-hydrogen) atoms. The number of carbonyl (C=O) groups excluding carboxylic acids is 1. The lowest BCUT2D eigenvalue weighted by molar-refractivity contribution is -0.150. The molecule has 0 aromatic heterocycles. The average Bonchev–Trinajstić information content (AvgIpc) is 2.67. The lowest BCUT2D eigenvalue weighted by atomic mass is 9.87. The lowest BCUT2D eigenvalue weighted by Crippen LogP contribution is -2.64. The second-order valence-corrected chi connectivity index (χ2v) is 10.1. The number of nitrogens with zero attached hydrogens (tertiary/aromatic N) is 1. The third-order valence-electron chi connectivity index (χ3n) is 4.75. The van der Waals surface area contributed by atoms with Crippen molar-refractivity contribution in [2.75, 3.05) is 26.9 Å². The highest BCUT2D eigenvalue weighted by Crippen LogP contribution is 2.41. The molecule has 156 valence electrons. The van der Waals surface area contributed by atoms with Crippen LogP contribution in [0.2, 0.25) is 0 Å². The minimum absolute atomic E-state index is 0.0774. The first-order chi connectivity index (χ1) is 13.8. The standard InChI is InChI=1S/C22H27NO5S/c1-21(2,3)29(25)23(14-20(24)26-4)22(15-27-16-22)17-10-12-19(13-11-17)28-18-8-6-5-7-9-18/h5-13H,14-16H2,1-4H3. The number of ether oxygens (including phenoxy) is 3. The molecule has 1 aliphatic rings. The Balaban J connectivity index is 1.88. The van der Waals surface area contributed by atoms with Crippen LogP contribution in [-0.2, 0) is 31.2 Å². The van der Waals surface area contributed by atoms with Gasteiger partial charge in [0.1, 0.15) is 28.3 Å². The first kappa shape index (κ1) is 21.6. The van der Waals surface area contributed by atoms with Gasteiger partial charge in [0.2, 0.25) is 0 Å². The fraction of sp³-hybridized carbons (Fsp3) is 0.409. The summed E-state index contributed by atoms with van der Waals surface area (Å²) in [5.41, 5.74) is 0.267. The Bertz CT molecular complexity index is 815.